The van der Waals surface area contributed by atoms with Gasteiger partial charge in [0.1, 0.15) is 5.82 Å². The van der Waals surface area contributed by atoms with Crippen molar-refractivity contribution in [3.8, 4) is 5.69 Å². The topological polar surface area (TPSA) is 50.2 Å². The minimum Gasteiger partial charge on any atom is -0.380 e. The van der Waals surface area contributed by atoms with Crippen molar-refractivity contribution in [1.29, 1.82) is 0 Å². The van der Waals surface area contributed by atoms with E-state index < -0.39 is 0 Å². The zero-order chi connectivity index (χ0) is 18.6. The Hall–Kier alpha value is -3.15. The van der Waals surface area contributed by atoms with E-state index in [0.29, 0.717) is 12.1 Å². The lowest BCUT2D eigenvalue weighted by molar-refractivity contribution is 0.0715. The lowest BCUT2D eigenvalue weighted by Crippen LogP contribution is -2.45. The molecule has 1 aliphatic rings. The quantitative estimate of drug-likeness (QED) is 0.767. The largest absolute Gasteiger partial charge is 0.380 e. The molecular formula is C21H21FN4O. The van der Waals surface area contributed by atoms with Crippen LogP contribution in [0.4, 0.5) is 10.1 Å². The molecule has 27 heavy (non-hydrogen) atoms. The molecule has 1 atom stereocenters. The Bertz CT molecular complexity index is 908. The Morgan fingerprint density at radius 2 is 2.04 bits per heavy atom. The second-order valence-electron chi connectivity index (χ2n) is 6.76. The fourth-order valence-corrected chi connectivity index (χ4v) is 3.46. The Balaban J connectivity index is 1.42. The van der Waals surface area contributed by atoms with Gasteiger partial charge >= 0.3 is 0 Å². The highest BCUT2D eigenvalue weighted by molar-refractivity contribution is 5.94. The van der Waals surface area contributed by atoms with Crippen LogP contribution in [0.3, 0.4) is 0 Å². The van der Waals surface area contributed by atoms with Crippen LogP contribution in [0.25, 0.3) is 5.69 Å². The molecule has 1 saturated heterocycles. The molecule has 0 spiro atoms. The summed E-state index contributed by atoms with van der Waals surface area (Å²) in [5, 5.41) is 3.34. The molecule has 0 aliphatic carbocycles. The maximum atomic E-state index is 13.4. The summed E-state index contributed by atoms with van der Waals surface area (Å²) < 4.78 is 15.3. The van der Waals surface area contributed by atoms with Crippen molar-refractivity contribution in [1.82, 2.24) is 14.5 Å². The summed E-state index contributed by atoms with van der Waals surface area (Å²) in [6.45, 7) is 1.35. The molecule has 0 radical (unpaired) electrons. The monoisotopic (exact) mass is 364 g/mol. The molecule has 138 valence electrons. The standard InChI is InChI=1S/C21H21FN4O/c22-17-3-1-4-18(13-17)24-19-5-2-11-25(14-19)21(27)16-6-8-20(9-7-16)26-12-10-23-15-26/h1,3-4,6-10,12-13,15,19,24H,2,5,11,14H2. The van der Waals surface area contributed by atoms with E-state index in [9.17, 15) is 9.18 Å². The van der Waals surface area contributed by atoms with Crippen LogP contribution in [-0.2, 0) is 0 Å². The summed E-state index contributed by atoms with van der Waals surface area (Å²) in [5.41, 5.74) is 2.39. The third-order valence-electron chi connectivity index (χ3n) is 4.82. The average Bonchev–Trinajstić information content (AvgIpc) is 3.23. The summed E-state index contributed by atoms with van der Waals surface area (Å²) in [7, 11) is 0. The number of hydrogen-bond donors (Lipinski definition) is 1. The van der Waals surface area contributed by atoms with Gasteiger partial charge in [0.25, 0.3) is 5.91 Å². The lowest BCUT2D eigenvalue weighted by Gasteiger charge is -2.33. The molecule has 0 saturated carbocycles. The Kier molecular flexibility index (Phi) is 4.87. The smallest absolute Gasteiger partial charge is 0.253 e. The van der Waals surface area contributed by atoms with Crippen LogP contribution in [-0.4, -0.2) is 39.5 Å². The first-order valence-electron chi connectivity index (χ1n) is 9.09. The molecule has 1 amide bonds. The average molecular weight is 364 g/mol. The van der Waals surface area contributed by atoms with E-state index >= 15 is 0 Å². The molecule has 1 aromatic heterocycles. The number of nitrogens with one attached hydrogen (secondary N) is 1. The molecule has 2 aromatic carbocycles. The van der Waals surface area contributed by atoms with Crippen LogP contribution in [0.2, 0.25) is 0 Å². The Labute approximate surface area is 157 Å². The van der Waals surface area contributed by atoms with Gasteiger partial charge in [-0.3, -0.25) is 4.79 Å². The molecule has 2 heterocycles. The first-order chi connectivity index (χ1) is 13.2. The summed E-state index contributed by atoms with van der Waals surface area (Å²) in [6, 6.07) is 14.1. The zero-order valence-electron chi connectivity index (χ0n) is 14.9. The predicted molar refractivity (Wildman–Crippen MR) is 103 cm³/mol. The third-order valence-corrected chi connectivity index (χ3v) is 4.82. The van der Waals surface area contributed by atoms with Crippen molar-refractivity contribution in [3.05, 3.63) is 78.6 Å². The number of carbonyl (C=O) groups excluding carboxylic acids is 1. The Morgan fingerprint density at radius 3 is 2.78 bits per heavy atom. The molecule has 1 aliphatic heterocycles. The van der Waals surface area contributed by atoms with E-state index in [1.54, 1.807) is 18.6 Å². The van der Waals surface area contributed by atoms with Crippen molar-refractivity contribution in [2.45, 2.75) is 18.9 Å². The highest BCUT2D eigenvalue weighted by Crippen LogP contribution is 2.19. The number of imidazole rings is 1. The van der Waals surface area contributed by atoms with E-state index in [2.05, 4.69) is 10.3 Å². The SMILES string of the molecule is O=C(c1ccc(-n2ccnc2)cc1)N1CCCC(Nc2cccc(F)c2)C1. The first kappa shape index (κ1) is 17.3. The summed E-state index contributed by atoms with van der Waals surface area (Å²) in [6.07, 6.45) is 7.19. The summed E-state index contributed by atoms with van der Waals surface area (Å²) in [5.74, 6) is -0.236. The van der Waals surface area contributed by atoms with Crippen molar-refractivity contribution < 1.29 is 9.18 Å². The van der Waals surface area contributed by atoms with Crippen LogP contribution in [0.1, 0.15) is 23.2 Å². The van der Waals surface area contributed by atoms with Crippen molar-refractivity contribution in [2.75, 3.05) is 18.4 Å². The van der Waals surface area contributed by atoms with Gasteiger partial charge in [0.2, 0.25) is 0 Å². The molecular weight excluding hydrogens is 343 g/mol. The lowest BCUT2D eigenvalue weighted by atomic mass is 10.0. The number of hydrogen-bond acceptors (Lipinski definition) is 3. The first-order valence-corrected chi connectivity index (χ1v) is 9.09. The zero-order valence-corrected chi connectivity index (χ0v) is 14.9. The molecule has 0 bridgehead atoms. The number of likely N-dealkylation sites (tertiary alicyclic amines) is 1. The van der Waals surface area contributed by atoms with Crippen LogP contribution < -0.4 is 5.32 Å². The molecule has 6 heteroatoms. The van der Waals surface area contributed by atoms with Crippen molar-refractivity contribution in [2.24, 2.45) is 0 Å². The molecule has 1 unspecified atom stereocenters. The van der Waals surface area contributed by atoms with Gasteiger partial charge in [-0.15, -0.1) is 0 Å². The maximum Gasteiger partial charge on any atom is 0.253 e. The molecule has 5 nitrogen and oxygen atoms in total. The van der Waals surface area contributed by atoms with Gasteiger partial charge in [-0.25, -0.2) is 9.37 Å². The van der Waals surface area contributed by atoms with E-state index in [-0.39, 0.29) is 17.8 Å². The second kappa shape index (κ2) is 7.61. The number of halogens is 1. The van der Waals surface area contributed by atoms with E-state index in [4.69, 9.17) is 0 Å². The second-order valence-corrected chi connectivity index (χ2v) is 6.76. The minimum atomic E-state index is -0.262. The normalized spacial score (nSPS) is 16.9. The minimum absolute atomic E-state index is 0.0259. The van der Waals surface area contributed by atoms with Crippen LogP contribution >= 0.6 is 0 Å². The number of nitrogens with zero attached hydrogens (tertiary/aromatic N) is 3. The molecule has 3 aromatic rings. The van der Waals surface area contributed by atoms with Gasteiger partial charge in [-0.1, -0.05) is 6.07 Å². The third kappa shape index (κ3) is 4.00. The number of carbonyl (C=O) groups is 1. The van der Waals surface area contributed by atoms with Crippen LogP contribution in [0.15, 0.2) is 67.3 Å². The van der Waals surface area contributed by atoms with E-state index in [1.807, 2.05) is 46.0 Å². The summed E-state index contributed by atoms with van der Waals surface area (Å²) in [4.78, 5) is 18.8. The van der Waals surface area contributed by atoms with Gasteiger partial charge in [0.05, 0.1) is 6.33 Å². The number of aromatic nitrogens is 2. The predicted octanol–water partition coefficient (Wildman–Crippen LogP) is 3.73. The molecule has 1 fully saturated rings. The number of benzene rings is 2. The van der Waals surface area contributed by atoms with E-state index in [0.717, 1.165) is 30.8 Å². The van der Waals surface area contributed by atoms with Gasteiger partial charge in [0.15, 0.2) is 0 Å². The van der Waals surface area contributed by atoms with Gasteiger partial charge in [-0.05, 0) is 55.3 Å². The van der Waals surface area contributed by atoms with Gasteiger partial charge in [-0.2, -0.15) is 0 Å². The van der Waals surface area contributed by atoms with Gasteiger partial charge < -0.3 is 14.8 Å². The number of rotatable bonds is 4. The molecule has 4 rings (SSSR count). The fourth-order valence-electron chi connectivity index (χ4n) is 3.46. The Morgan fingerprint density at radius 1 is 1.19 bits per heavy atom. The van der Waals surface area contributed by atoms with Crippen molar-refractivity contribution >= 4 is 11.6 Å². The van der Waals surface area contributed by atoms with Gasteiger partial charge in [0, 0.05) is 48.5 Å². The summed E-state index contributed by atoms with van der Waals surface area (Å²) >= 11 is 0. The van der Waals surface area contributed by atoms with Crippen LogP contribution in [0, 0.1) is 5.82 Å². The fraction of sp³-hybridized carbons (Fsp3) is 0.238. The number of piperidine rings is 1. The molecule has 1 N–H and O–H groups in total. The van der Waals surface area contributed by atoms with Crippen molar-refractivity contribution in [3.63, 3.8) is 0 Å². The highest BCUT2D eigenvalue weighted by atomic mass is 19.1. The highest BCUT2D eigenvalue weighted by Gasteiger charge is 2.24. The number of anilines is 1. The van der Waals surface area contributed by atoms with E-state index in [1.165, 1.54) is 12.1 Å². The maximum absolute atomic E-state index is 13.4. The number of amides is 1. The van der Waals surface area contributed by atoms with Crippen LogP contribution in [0.5, 0.6) is 0 Å².